The lowest BCUT2D eigenvalue weighted by molar-refractivity contribution is -0.904. The summed E-state index contributed by atoms with van der Waals surface area (Å²) in [6.45, 7) is 10.0. The second-order valence-electron chi connectivity index (χ2n) is 6.21. The highest BCUT2D eigenvalue weighted by Crippen LogP contribution is 2.21. The molecular weight excluding hydrogens is 288 g/mol. The summed E-state index contributed by atoms with van der Waals surface area (Å²) in [4.78, 5) is 13.2. The summed E-state index contributed by atoms with van der Waals surface area (Å²) in [7, 11) is 1.64. The van der Waals surface area contributed by atoms with Gasteiger partial charge in [0.1, 0.15) is 12.3 Å². The van der Waals surface area contributed by atoms with Crippen molar-refractivity contribution in [3.63, 3.8) is 0 Å². The van der Waals surface area contributed by atoms with E-state index in [0.29, 0.717) is 18.1 Å². The van der Waals surface area contributed by atoms with Crippen LogP contribution in [0.1, 0.15) is 33.3 Å². The van der Waals surface area contributed by atoms with Crippen molar-refractivity contribution >= 4 is 17.5 Å². The zero-order valence-corrected chi connectivity index (χ0v) is 14.3. The Morgan fingerprint density at radius 3 is 2.57 bits per heavy atom. The van der Waals surface area contributed by atoms with Crippen LogP contribution in [0.15, 0.2) is 18.2 Å². The summed E-state index contributed by atoms with van der Waals surface area (Å²) in [6, 6.07) is 5.57. The van der Waals surface area contributed by atoms with Gasteiger partial charge in [0.2, 0.25) is 0 Å². The van der Waals surface area contributed by atoms with Gasteiger partial charge in [-0.2, -0.15) is 0 Å². The lowest BCUT2D eigenvalue weighted by Crippen LogP contribution is -3.11. The molecule has 0 aliphatic heterocycles. The van der Waals surface area contributed by atoms with Gasteiger partial charge < -0.3 is 15.0 Å². The molecule has 21 heavy (non-hydrogen) atoms. The molecule has 0 radical (unpaired) electrons. The molecule has 0 aliphatic rings. The van der Waals surface area contributed by atoms with Gasteiger partial charge in [-0.05, 0) is 45.9 Å². The predicted molar refractivity (Wildman–Crippen MR) is 86.0 cm³/mol. The van der Waals surface area contributed by atoms with Crippen LogP contribution in [0.5, 0.6) is 5.75 Å². The number of quaternary nitrogens is 1. The normalized spacial score (nSPS) is 12.9. The molecule has 4 nitrogen and oxygen atoms in total. The largest absolute Gasteiger partial charge is 0.496 e. The van der Waals surface area contributed by atoms with Crippen LogP contribution < -0.4 is 15.0 Å². The molecular formula is C16H26ClN2O2+. The summed E-state index contributed by atoms with van der Waals surface area (Å²) in [6.07, 6.45) is 0. The molecule has 1 rings (SSSR count). The zero-order chi connectivity index (χ0) is 16.0. The number of benzene rings is 1. The molecule has 1 amide bonds. The Kier molecular flexibility index (Phi) is 6.49. The van der Waals surface area contributed by atoms with Crippen molar-refractivity contribution < 1.29 is 14.4 Å². The molecule has 1 aromatic carbocycles. The van der Waals surface area contributed by atoms with Crippen LogP contribution in [-0.2, 0) is 11.3 Å². The van der Waals surface area contributed by atoms with E-state index in [2.05, 4.69) is 12.2 Å². The first-order chi connectivity index (χ1) is 9.75. The van der Waals surface area contributed by atoms with Gasteiger partial charge in [0.25, 0.3) is 5.91 Å². The number of ether oxygens (including phenoxy) is 1. The maximum Gasteiger partial charge on any atom is 0.275 e. The van der Waals surface area contributed by atoms with Gasteiger partial charge in [-0.15, -0.1) is 0 Å². The monoisotopic (exact) mass is 313 g/mol. The molecule has 0 heterocycles. The highest BCUT2D eigenvalue weighted by molar-refractivity contribution is 6.30. The van der Waals surface area contributed by atoms with Gasteiger partial charge in [0.15, 0.2) is 6.54 Å². The SMILES string of the molecule is CC[NH+](CC(=O)NC(C)(C)C)Cc1cc(Cl)ccc1OC. The van der Waals surface area contributed by atoms with Crippen molar-refractivity contribution in [2.24, 2.45) is 0 Å². The smallest absolute Gasteiger partial charge is 0.275 e. The second-order valence-corrected chi connectivity index (χ2v) is 6.65. The summed E-state index contributed by atoms with van der Waals surface area (Å²) < 4.78 is 5.36. The van der Waals surface area contributed by atoms with Crippen molar-refractivity contribution in [1.82, 2.24) is 5.32 Å². The van der Waals surface area contributed by atoms with E-state index in [1.807, 2.05) is 39.0 Å². The number of rotatable bonds is 6. The van der Waals surface area contributed by atoms with Gasteiger partial charge in [0.05, 0.1) is 13.7 Å². The Morgan fingerprint density at radius 1 is 1.38 bits per heavy atom. The number of nitrogens with one attached hydrogen (secondary N) is 2. The maximum absolute atomic E-state index is 12.1. The van der Waals surface area contributed by atoms with E-state index in [-0.39, 0.29) is 11.4 Å². The van der Waals surface area contributed by atoms with Crippen molar-refractivity contribution in [1.29, 1.82) is 0 Å². The average molecular weight is 314 g/mol. The van der Waals surface area contributed by atoms with E-state index >= 15 is 0 Å². The van der Waals surface area contributed by atoms with Gasteiger partial charge in [-0.25, -0.2) is 0 Å². The number of amides is 1. The third-order valence-electron chi connectivity index (χ3n) is 3.11. The lowest BCUT2D eigenvalue weighted by Gasteiger charge is -2.23. The van der Waals surface area contributed by atoms with E-state index in [1.54, 1.807) is 7.11 Å². The molecule has 1 atom stereocenters. The van der Waals surface area contributed by atoms with Gasteiger partial charge in [-0.1, -0.05) is 11.6 Å². The Morgan fingerprint density at radius 2 is 2.05 bits per heavy atom. The van der Waals surface area contributed by atoms with Crippen LogP contribution in [-0.4, -0.2) is 31.6 Å². The highest BCUT2D eigenvalue weighted by Gasteiger charge is 2.19. The molecule has 5 heteroatoms. The first-order valence-corrected chi connectivity index (χ1v) is 7.60. The van der Waals surface area contributed by atoms with Crippen LogP contribution in [0.3, 0.4) is 0 Å². The molecule has 1 aromatic rings. The fraction of sp³-hybridized carbons (Fsp3) is 0.562. The van der Waals surface area contributed by atoms with Gasteiger partial charge >= 0.3 is 0 Å². The predicted octanol–water partition coefficient (Wildman–Crippen LogP) is 1.67. The van der Waals surface area contributed by atoms with E-state index in [0.717, 1.165) is 22.8 Å². The Hall–Kier alpha value is -1.26. The molecule has 0 aliphatic carbocycles. The number of hydrogen-bond donors (Lipinski definition) is 2. The summed E-state index contributed by atoms with van der Waals surface area (Å²) in [5, 5.41) is 3.67. The Bertz CT molecular complexity index is 484. The highest BCUT2D eigenvalue weighted by atomic mass is 35.5. The molecule has 2 N–H and O–H groups in total. The fourth-order valence-electron chi connectivity index (χ4n) is 2.16. The first kappa shape index (κ1) is 17.8. The van der Waals surface area contributed by atoms with E-state index < -0.39 is 0 Å². The molecule has 0 bridgehead atoms. The number of halogens is 1. The maximum atomic E-state index is 12.1. The minimum Gasteiger partial charge on any atom is -0.496 e. The third kappa shape index (κ3) is 6.36. The summed E-state index contributed by atoms with van der Waals surface area (Å²) in [5.41, 5.74) is 0.814. The quantitative estimate of drug-likeness (QED) is 0.839. The number of hydrogen-bond acceptors (Lipinski definition) is 2. The molecule has 0 saturated carbocycles. The first-order valence-electron chi connectivity index (χ1n) is 7.22. The number of methoxy groups -OCH3 is 1. The standard InChI is InChI=1S/C16H25ClN2O2/c1-6-19(11-15(20)18-16(2,3)4)10-12-9-13(17)7-8-14(12)21-5/h7-9H,6,10-11H2,1-5H3,(H,18,20)/p+1. The van der Waals surface area contributed by atoms with Crippen molar-refractivity contribution in [3.05, 3.63) is 28.8 Å². The molecule has 0 aromatic heterocycles. The number of likely N-dealkylation sites (N-methyl/N-ethyl adjacent to an activating group) is 1. The lowest BCUT2D eigenvalue weighted by atomic mass is 10.1. The molecule has 0 saturated heterocycles. The van der Waals surface area contributed by atoms with Crippen molar-refractivity contribution in [2.75, 3.05) is 20.2 Å². The molecule has 0 fully saturated rings. The van der Waals surface area contributed by atoms with Gasteiger partial charge in [-0.3, -0.25) is 4.79 Å². The van der Waals surface area contributed by atoms with Crippen LogP contribution in [0.4, 0.5) is 0 Å². The molecule has 118 valence electrons. The summed E-state index contributed by atoms with van der Waals surface area (Å²) in [5.74, 6) is 0.863. The third-order valence-corrected chi connectivity index (χ3v) is 3.34. The van der Waals surface area contributed by atoms with Gasteiger partial charge in [0, 0.05) is 16.1 Å². The van der Waals surface area contributed by atoms with Crippen molar-refractivity contribution in [2.45, 2.75) is 39.8 Å². The average Bonchev–Trinajstić information content (AvgIpc) is 2.36. The Labute approximate surface area is 132 Å². The Balaban J connectivity index is 2.74. The second kappa shape index (κ2) is 7.66. The number of carbonyl (C=O) groups excluding carboxylic acids is 1. The number of carbonyl (C=O) groups is 1. The van der Waals surface area contributed by atoms with Crippen LogP contribution in [0, 0.1) is 0 Å². The summed E-state index contributed by atoms with van der Waals surface area (Å²) >= 11 is 6.05. The topological polar surface area (TPSA) is 42.8 Å². The van der Waals surface area contributed by atoms with Crippen molar-refractivity contribution in [3.8, 4) is 5.75 Å². The van der Waals surface area contributed by atoms with E-state index in [1.165, 1.54) is 0 Å². The molecule has 0 spiro atoms. The fourth-order valence-corrected chi connectivity index (χ4v) is 2.35. The van der Waals surface area contributed by atoms with Crippen LogP contribution in [0.2, 0.25) is 5.02 Å². The van der Waals surface area contributed by atoms with E-state index in [9.17, 15) is 4.79 Å². The van der Waals surface area contributed by atoms with E-state index in [4.69, 9.17) is 16.3 Å². The molecule has 1 unspecified atom stereocenters. The minimum atomic E-state index is -0.205. The zero-order valence-electron chi connectivity index (χ0n) is 13.5. The minimum absolute atomic E-state index is 0.0559. The van der Waals surface area contributed by atoms with Crippen LogP contribution in [0.25, 0.3) is 0 Å². The van der Waals surface area contributed by atoms with Crippen LogP contribution >= 0.6 is 11.6 Å².